The molecule has 3 rings (SSSR count). The number of amides is 1. The molecule has 0 fully saturated rings. The molecule has 5 nitrogen and oxygen atoms in total. The Hall–Kier alpha value is -3.02. The fourth-order valence-electron chi connectivity index (χ4n) is 2.13. The Bertz CT molecular complexity index is 905. The molecule has 0 aliphatic rings. The van der Waals surface area contributed by atoms with Gasteiger partial charge in [-0.2, -0.15) is 5.10 Å². The van der Waals surface area contributed by atoms with Crippen LogP contribution < -0.4 is 10.9 Å². The number of hydrogen-bond acceptors (Lipinski definition) is 3. The fraction of sp³-hybridized carbons (Fsp3) is 0.0625. The van der Waals surface area contributed by atoms with Gasteiger partial charge in [0, 0.05) is 5.39 Å². The molecule has 0 atom stereocenters. The Balaban J connectivity index is 1.84. The summed E-state index contributed by atoms with van der Waals surface area (Å²) in [6.07, 6.45) is 1.52. The van der Waals surface area contributed by atoms with E-state index in [2.05, 4.69) is 10.4 Å². The molecule has 0 saturated carbocycles. The zero-order chi connectivity index (χ0) is 15.5. The number of hydrogen-bond donors (Lipinski definition) is 1. The first-order valence-corrected chi connectivity index (χ1v) is 6.64. The summed E-state index contributed by atoms with van der Waals surface area (Å²) < 4.78 is 14.5. The number of aromatic nitrogens is 2. The molecule has 110 valence electrons. The predicted molar refractivity (Wildman–Crippen MR) is 81.0 cm³/mol. The summed E-state index contributed by atoms with van der Waals surface area (Å²) in [4.78, 5) is 24.2. The first-order valence-electron chi connectivity index (χ1n) is 6.64. The third kappa shape index (κ3) is 2.71. The summed E-state index contributed by atoms with van der Waals surface area (Å²) in [5.74, 6) is -1.05. The average molecular weight is 297 g/mol. The predicted octanol–water partition coefficient (Wildman–Crippen LogP) is 2.17. The number of carbonyl (C=O) groups excluding carboxylic acids is 1. The molecule has 1 amide bonds. The van der Waals surface area contributed by atoms with Crippen molar-refractivity contribution in [3.63, 3.8) is 0 Å². The van der Waals surface area contributed by atoms with Crippen molar-refractivity contribution in [2.45, 2.75) is 6.54 Å². The highest BCUT2D eigenvalue weighted by atomic mass is 19.1. The third-order valence-corrected chi connectivity index (χ3v) is 3.20. The summed E-state index contributed by atoms with van der Waals surface area (Å²) in [6.45, 7) is -0.280. The summed E-state index contributed by atoms with van der Waals surface area (Å²) >= 11 is 0. The Labute approximate surface area is 125 Å². The molecule has 1 heterocycles. The molecule has 0 aliphatic carbocycles. The van der Waals surface area contributed by atoms with Crippen LogP contribution in [0.4, 0.5) is 10.1 Å². The van der Waals surface area contributed by atoms with Gasteiger partial charge in [-0.05, 0) is 18.2 Å². The van der Waals surface area contributed by atoms with Gasteiger partial charge in [-0.3, -0.25) is 9.59 Å². The van der Waals surface area contributed by atoms with Gasteiger partial charge in [0.25, 0.3) is 5.56 Å². The number of rotatable bonds is 3. The van der Waals surface area contributed by atoms with Gasteiger partial charge in [0.2, 0.25) is 5.91 Å². The van der Waals surface area contributed by atoms with Crippen molar-refractivity contribution in [3.05, 3.63) is 70.9 Å². The van der Waals surface area contributed by atoms with Crippen molar-refractivity contribution in [1.82, 2.24) is 9.78 Å². The molecule has 2 aromatic carbocycles. The highest BCUT2D eigenvalue weighted by molar-refractivity contribution is 5.90. The highest BCUT2D eigenvalue weighted by Crippen LogP contribution is 2.12. The number of benzene rings is 2. The summed E-state index contributed by atoms with van der Waals surface area (Å²) in [5.41, 5.74) is -0.289. The minimum atomic E-state index is -0.533. The van der Waals surface area contributed by atoms with Crippen LogP contribution in [-0.4, -0.2) is 15.7 Å². The van der Waals surface area contributed by atoms with E-state index in [1.807, 2.05) is 0 Å². The first-order chi connectivity index (χ1) is 10.6. The monoisotopic (exact) mass is 297 g/mol. The second-order valence-corrected chi connectivity index (χ2v) is 4.72. The second kappa shape index (κ2) is 5.77. The molecule has 0 spiro atoms. The van der Waals surface area contributed by atoms with Crippen LogP contribution in [0.15, 0.2) is 59.5 Å². The van der Waals surface area contributed by atoms with Gasteiger partial charge < -0.3 is 5.32 Å². The number of nitrogens with one attached hydrogen (secondary N) is 1. The van der Waals surface area contributed by atoms with Gasteiger partial charge in [-0.15, -0.1) is 0 Å². The lowest BCUT2D eigenvalue weighted by Gasteiger charge is -2.08. The minimum Gasteiger partial charge on any atom is -0.322 e. The van der Waals surface area contributed by atoms with Crippen molar-refractivity contribution in [2.24, 2.45) is 0 Å². The first kappa shape index (κ1) is 13.9. The van der Waals surface area contributed by atoms with E-state index in [0.717, 1.165) is 4.68 Å². The molecule has 6 heteroatoms. The van der Waals surface area contributed by atoms with Crippen LogP contribution in [0.25, 0.3) is 10.8 Å². The lowest BCUT2D eigenvalue weighted by atomic mass is 10.2. The van der Waals surface area contributed by atoms with E-state index >= 15 is 0 Å². The third-order valence-electron chi connectivity index (χ3n) is 3.20. The number of nitrogens with zero attached hydrogens (tertiary/aromatic N) is 2. The van der Waals surface area contributed by atoms with Crippen LogP contribution in [0.2, 0.25) is 0 Å². The quantitative estimate of drug-likeness (QED) is 0.806. The van der Waals surface area contributed by atoms with E-state index in [1.165, 1.54) is 24.4 Å². The van der Waals surface area contributed by atoms with Crippen LogP contribution in [0.5, 0.6) is 0 Å². The molecule has 1 aromatic heterocycles. The topological polar surface area (TPSA) is 64.0 Å². The zero-order valence-electron chi connectivity index (χ0n) is 11.5. The smallest absolute Gasteiger partial charge is 0.275 e. The molecular formula is C16H12FN3O2. The fourth-order valence-corrected chi connectivity index (χ4v) is 2.13. The van der Waals surface area contributed by atoms with Crippen LogP contribution in [0, 0.1) is 5.82 Å². The lowest BCUT2D eigenvalue weighted by Crippen LogP contribution is -2.29. The Morgan fingerprint density at radius 3 is 2.68 bits per heavy atom. The summed E-state index contributed by atoms with van der Waals surface area (Å²) in [7, 11) is 0. The van der Waals surface area contributed by atoms with Crippen molar-refractivity contribution >= 4 is 22.4 Å². The molecule has 0 radical (unpaired) electrons. The molecule has 0 unspecified atom stereocenters. The summed E-state index contributed by atoms with van der Waals surface area (Å²) in [6, 6.07) is 12.8. The number of halogens is 1. The molecule has 0 bridgehead atoms. The van der Waals surface area contributed by atoms with Crippen LogP contribution >= 0.6 is 0 Å². The van der Waals surface area contributed by atoms with Gasteiger partial charge in [-0.1, -0.05) is 30.3 Å². The number of anilines is 1. The standard InChI is InChI=1S/C16H12FN3O2/c17-13-7-3-4-8-14(13)19-15(21)10-20-16(22)12-6-2-1-5-11(12)9-18-20/h1-9H,10H2,(H,19,21). The molecule has 22 heavy (non-hydrogen) atoms. The van der Waals surface area contributed by atoms with E-state index < -0.39 is 11.7 Å². The largest absolute Gasteiger partial charge is 0.322 e. The van der Waals surface area contributed by atoms with E-state index in [4.69, 9.17) is 0 Å². The SMILES string of the molecule is O=C(Cn1ncc2ccccc2c1=O)Nc1ccccc1F. The second-order valence-electron chi connectivity index (χ2n) is 4.72. The van der Waals surface area contributed by atoms with Crippen molar-refractivity contribution in [2.75, 3.05) is 5.32 Å². The maximum absolute atomic E-state index is 13.5. The maximum Gasteiger partial charge on any atom is 0.275 e. The van der Waals surface area contributed by atoms with Gasteiger partial charge in [0.1, 0.15) is 12.4 Å². The highest BCUT2D eigenvalue weighted by Gasteiger charge is 2.10. The molecular weight excluding hydrogens is 285 g/mol. The van der Waals surface area contributed by atoms with Gasteiger partial charge >= 0.3 is 0 Å². The molecule has 3 aromatic rings. The van der Waals surface area contributed by atoms with E-state index in [9.17, 15) is 14.0 Å². The van der Waals surface area contributed by atoms with Gasteiger partial charge in [0.15, 0.2) is 0 Å². The van der Waals surface area contributed by atoms with E-state index in [0.29, 0.717) is 10.8 Å². The van der Waals surface area contributed by atoms with E-state index in [-0.39, 0.29) is 17.8 Å². The molecule has 0 aliphatic heterocycles. The average Bonchev–Trinajstić information content (AvgIpc) is 2.53. The molecule has 0 saturated heterocycles. The lowest BCUT2D eigenvalue weighted by molar-refractivity contribution is -0.117. The maximum atomic E-state index is 13.5. The zero-order valence-corrected chi connectivity index (χ0v) is 11.5. The van der Waals surface area contributed by atoms with Crippen LogP contribution in [-0.2, 0) is 11.3 Å². The normalized spacial score (nSPS) is 10.6. The van der Waals surface area contributed by atoms with Gasteiger partial charge in [-0.25, -0.2) is 9.07 Å². The number of fused-ring (bicyclic) bond motifs is 1. The van der Waals surface area contributed by atoms with Gasteiger partial charge in [0.05, 0.1) is 17.3 Å². The Morgan fingerprint density at radius 2 is 1.86 bits per heavy atom. The van der Waals surface area contributed by atoms with Crippen molar-refractivity contribution in [3.8, 4) is 0 Å². The Morgan fingerprint density at radius 1 is 1.14 bits per heavy atom. The van der Waals surface area contributed by atoms with Crippen molar-refractivity contribution in [1.29, 1.82) is 0 Å². The Kier molecular flexibility index (Phi) is 3.65. The summed E-state index contributed by atoms with van der Waals surface area (Å²) in [5, 5.41) is 7.57. The van der Waals surface area contributed by atoms with Crippen molar-refractivity contribution < 1.29 is 9.18 Å². The van der Waals surface area contributed by atoms with Crippen LogP contribution in [0.3, 0.4) is 0 Å². The minimum absolute atomic E-state index is 0.0707. The van der Waals surface area contributed by atoms with Crippen LogP contribution in [0.1, 0.15) is 0 Å². The number of carbonyl (C=O) groups is 1. The number of para-hydroxylation sites is 1. The molecule has 1 N–H and O–H groups in total. The van der Waals surface area contributed by atoms with E-state index in [1.54, 1.807) is 30.3 Å².